The van der Waals surface area contributed by atoms with E-state index in [-0.39, 0.29) is 0 Å². The fraction of sp³-hybridized carbons (Fsp3) is 0.143. The summed E-state index contributed by atoms with van der Waals surface area (Å²) in [6.45, 7) is 1.52. The van der Waals surface area contributed by atoms with Crippen molar-refractivity contribution in [1.29, 1.82) is 0 Å². The number of phosphoric acid groups is 1. The van der Waals surface area contributed by atoms with Crippen LogP contribution in [-0.2, 0) is 4.57 Å². The van der Waals surface area contributed by atoms with E-state index in [2.05, 4.69) is 4.52 Å². The van der Waals surface area contributed by atoms with Crippen molar-refractivity contribution in [2.45, 2.75) is 6.92 Å². The molecule has 0 aliphatic rings. The van der Waals surface area contributed by atoms with Gasteiger partial charge < -0.3 is 14.7 Å². The van der Waals surface area contributed by atoms with E-state index in [1.807, 2.05) is 0 Å². The number of phenolic OH excluding ortho intramolecular Hbond substituents is 2. The van der Waals surface area contributed by atoms with Gasteiger partial charge in [0.25, 0.3) is 0 Å². The van der Waals surface area contributed by atoms with Gasteiger partial charge in [-0.1, -0.05) is 6.07 Å². The van der Waals surface area contributed by atoms with Crippen molar-refractivity contribution in [2.75, 3.05) is 0 Å². The monoisotopic (exact) mass is 220 g/mol. The minimum Gasteiger partial charge on any atom is -0.504 e. The Balaban J connectivity index is 3.12. The first-order valence-corrected chi connectivity index (χ1v) is 5.11. The molecule has 0 atom stereocenters. The Bertz CT molecular complexity index is 395. The lowest BCUT2D eigenvalue weighted by Crippen LogP contribution is -1.91. The molecule has 1 rings (SSSR count). The second-order valence-electron chi connectivity index (χ2n) is 2.66. The molecule has 0 spiro atoms. The molecule has 1 aromatic carbocycles. The molecule has 0 unspecified atom stereocenters. The van der Waals surface area contributed by atoms with E-state index in [4.69, 9.17) is 9.79 Å². The third-order valence-corrected chi connectivity index (χ3v) is 1.97. The van der Waals surface area contributed by atoms with Gasteiger partial charge in [0.15, 0.2) is 11.5 Å². The average Bonchev–Trinajstić information content (AvgIpc) is 2.04. The van der Waals surface area contributed by atoms with E-state index < -0.39 is 25.1 Å². The van der Waals surface area contributed by atoms with Crippen molar-refractivity contribution in [3.8, 4) is 17.2 Å². The topological polar surface area (TPSA) is 107 Å². The summed E-state index contributed by atoms with van der Waals surface area (Å²) in [7, 11) is -4.72. The van der Waals surface area contributed by atoms with Crippen LogP contribution >= 0.6 is 7.82 Å². The molecular weight excluding hydrogens is 211 g/mol. The molecule has 0 saturated carbocycles. The SMILES string of the molecule is Cc1ccc(OP(=O)(O)O)c(O)c1O. The highest BCUT2D eigenvalue weighted by Gasteiger charge is 2.20. The Morgan fingerprint density at radius 2 is 1.79 bits per heavy atom. The summed E-state index contributed by atoms with van der Waals surface area (Å²) < 4.78 is 14.6. The van der Waals surface area contributed by atoms with Crippen molar-refractivity contribution in [1.82, 2.24) is 0 Å². The van der Waals surface area contributed by atoms with E-state index >= 15 is 0 Å². The first-order valence-electron chi connectivity index (χ1n) is 3.58. The van der Waals surface area contributed by atoms with Gasteiger partial charge in [0, 0.05) is 0 Å². The maximum atomic E-state index is 10.4. The number of hydrogen-bond acceptors (Lipinski definition) is 4. The Morgan fingerprint density at radius 3 is 2.29 bits per heavy atom. The zero-order chi connectivity index (χ0) is 10.9. The molecule has 0 aliphatic heterocycles. The van der Waals surface area contributed by atoms with Crippen LogP contribution in [0.2, 0.25) is 0 Å². The number of rotatable bonds is 2. The summed E-state index contributed by atoms with van der Waals surface area (Å²) in [5.41, 5.74) is 0.376. The largest absolute Gasteiger partial charge is 0.524 e. The van der Waals surface area contributed by atoms with E-state index in [9.17, 15) is 14.8 Å². The molecule has 0 amide bonds. The lowest BCUT2D eigenvalue weighted by molar-refractivity contribution is 0.276. The van der Waals surface area contributed by atoms with E-state index in [0.29, 0.717) is 5.56 Å². The van der Waals surface area contributed by atoms with Gasteiger partial charge in [-0.3, -0.25) is 9.79 Å². The lowest BCUT2D eigenvalue weighted by Gasteiger charge is -2.10. The van der Waals surface area contributed by atoms with Crippen molar-refractivity contribution in [3.05, 3.63) is 17.7 Å². The molecule has 0 aliphatic carbocycles. The fourth-order valence-corrected chi connectivity index (χ4v) is 1.27. The Kier molecular flexibility index (Phi) is 2.71. The van der Waals surface area contributed by atoms with Crippen LogP contribution in [0.4, 0.5) is 0 Å². The second-order valence-corrected chi connectivity index (χ2v) is 3.82. The summed E-state index contributed by atoms with van der Waals surface area (Å²) in [5, 5.41) is 18.4. The van der Waals surface area contributed by atoms with Crippen LogP contribution in [0.1, 0.15) is 5.56 Å². The van der Waals surface area contributed by atoms with Gasteiger partial charge in [-0.2, -0.15) is 0 Å². The van der Waals surface area contributed by atoms with Crippen LogP contribution in [0.5, 0.6) is 17.2 Å². The van der Waals surface area contributed by atoms with Crippen LogP contribution in [0.25, 0.3) is 0 Å². The molecule has 7 heteroatoms. The Hall–Kier alpha value is -1.23. The molecular formula is C7H9O6P. The summed E-state index contributed by atoms with van der Waals surface area (Å²) in [6, 6.07) is 2.52. The maximum Gasteiger partial charge on any atom is 0.524 e. The highest BCUT2D eigenvalue weighted by molar-refractivity contribution is 7.46. The Labute approximate surface area is 79.6 Å². The quantitative estimate of drug-likeness (QED) is 0.435. The fourth-order valence-electron chi connectivity index (χ4n) is 0.864. The van der Waals surface area contributed by atoms with E-state index in [1.165, 1.54) is 13.0 Å². The third kappa shape index (κ3) is 2.38. The highest BCUT2D eigenvalue weighted by Crippen LogP contribution is 2.45. The van der Waals surface area contributed by atoms with Crippen LogP contribution < -0.4 is 4.52 Å². The molecule has 0 aromatic heterocycles. The second kappa shape index (κ2) is 3.49. The average molecular weight is 220 g/mol. The zero-order valence-electron chi connectivity index (χ0n) is 7.21. The molecule has 0 fully saturated rings. The van der Waals surface area contributed by atoms with Gasteiger partial charge in [-0.25, -0.2) is 4.57 Å². The van der Waals surface area contributed by atoms with Crippen molar-refractivity contribution < 1.29 is 29.1 Å². The van der Waals surface area contributed by atoms with Gasteiger partial charge in [-0.15, -0.1) is 0 Å². The summed E-state index contributed by atoms with van der Waals surface area (Å²) in [5.74, 6) is -1.61. The van der Waals surface area contributed by atoms with Gasteiger partial charge in [0.2, 0.25) is 5.75 Å². The molecule has 0 saturated heterocycles. The number of benzene rings is 1. The zero-order valence-corrected chi connectivity index (χ0v) is 8.10. The third-order valence-electron chi connectivity index (χ3n) is 1.53. The minimum absolute atomic E-state index is 0.376. The van der Waals surface area contributed by atoms with Crippen molar-refractivity contribution in [3.63, 3.8) is 0 Å². The molecule has 4 N–H and O–H groups in total. The first kappa shape index (κ1) is 10.8. The predicted octanol–water partition coefficient (Wildman–Crippen LogP) is 0.878. The molecule has 78 valence electrons. The van der Waals surface area contributed by atoms with Crippen molar-refractivity contribution in [2.24, 2.45) is 0 Å². The normalized spacial score (nSPS) is 11.4. The first-order chi connectivity index (χ1) is 6.31. The van der Waals surface area contributed by atoms with E-state index in [0.717, 1.165) is 6.07 Å². The maximum absolute atomic E-state index is 10.4. The number of aryl methyl sites for hydroxylation is 1. The standard InChI is InChI=1S/C7H9O6P/c1-4-2-3-5(7(9)6(4)8)13-14(10,11)12/h2-3,8-9H,1H3,(H2,10,11,12). The van der Waals surface area contributed by atoms with Crippen LogP contribution in [-0.4, -0.2) is 20.0 Å². The van der Waals surface area contributed by atoms with Crippen LogP contribution in [0.15, 0.2) is 12.1 Å². The number of aromatic hydroxyl groups is 2. The van der Waals surface area contributed by atoms with Crippen molar-refractivity contribution >= 4 is 7.82 Å². The van der Waals surface area contributed by atoms with Gasteiger partial charge >= 0.3 is 7.82 Å². The van der Waals surface area contributed by atoms with Crippen LogP contribution in [0.3, 0.4) is 0 Å². The summed E-state index contributed by atoms with van der Waals surface area (Å²) in [4.78, 5) is 16.9. The van der Waals surface area contributed by atoms with E-state index in [1.54, 1.807) is 0 Å². The molecule has 1 aromatic rings. The van der Waals surface area contributed by atoms with Gasteiger partial charge in [0.05, 0.1) is 0 Å². The smallest absolute Gasteiger partial charge is 0.504 e. The molecule has 0 bridgehead atoms. The molecule has 14 heavy (non-hydrogen) atoms. The summed E-state index contributed by atoms with van der Waals surface area (Å²) >= 11 is 0. The van der Waals surface area contributed by atoms with Gasteiger partial charge in [-0.05, 0) is 18.6 Å². The summed E-state index contributed by atoms with van der Waals surface area (Å²) in [6.07, 6.45) is 0. The minimum atomic E-state index is -4.72. The number of phenols is 2. The van der Waals surface area contributed by atoms with Gasteiger partial charge in [0.1, 0.15) is 0 Å². The predicted molar refractivity (Wildman–Crippen MR) is 47.2 cm³/mol. The highest BCUT2D eigenvalue weighted by atomic mass is 31.2. The molecule has 6 nitrogen and oxygen atoms in total. The van der Waals surface area contributed by atoms with Crippen LogP contribution in [0, 0.1) is 6.92 Å². The number of hydrogen-bond donors (Lipinski definition) is 4. The number of phosphoric ester groups is 1. The lowest BCUT2D eigenvalue weighted by atomic mass is 10.2. The molecule has 0 heterocycles. The molecule has 0 radical (unpaired) electrons. The Morgan fingerprint density at radius 1 is 1.21 bits per heavy atom.